The summed E-state index contributed by atoms with van der Waals surface area (Å²) in [5.41, 5.74) is 3.43. The maximum Gasteiger partial charge on any atom is 0.0900 e. The first kappa shape index (κ1) is 13.5. The quantitative estimate of drug-likeness (QED) is 0.458. The van der Waals surface area contributed by atoms with Crippen molar-refractivity contribution in [2.75, 3.05) is 0 Å². The Labute approximate surface area is 127 Å². The zero-order valence-corrected chi connectivity index (χ0v) is 12.0. The van der Waals surface area contributed by atoms with Gasteiger partial charge in [0.2, 0.25) is 0 Å². The molecule has 3 rings (SSSR count). The molecule has 4 nitrogen and oxygen atoms in total. The second kappa shape index (κ2) is 5.89. The van der Waals surface area contributed by atoms with Gasteiger partial charge in [-0.15, -0.1) is 0 Å². The summed E-state index contributed by atoms with van der Waals surface area (Å²) in [7, 11) is 0. The van der Waals surface area contributed by atoms with Gasteiger partial charge in [-0.2, -0.15) is 5.10 Å². The lowest BCUT2D eigenvalue weighted by molar-refractivity contribution is 1.16. The molecule has 5 heteroatoms. The molecule has 2 aromatic heterocycles. The molecule has 3 aromatic rings. The summed E-state index contributed by atoms with van der Waals surface area (Å²) in [6.45, 7) is 0. The molecular formula is C16H13ClN4. The zero-order valence-electron chi connectivity index (χ0n) is 11.2. The number of hydrogen-bond donors (Lipinski definition) is 1. The molecule has 21 heavy (non-hydrogen) atoms. The molecule has 0 aliphatic rings. The highest BCUT2D eigenvalue weighted by atomic mass is 35.5. The van der Waals surface area contributed by atoms with Crippen LogP contribution in [0.2, 0.25) is 5.02 Å². The molecule has 104 valence electrons. The minimum Gasteiger partial charge on any atom is -0.323 e. The van der Waals surface area contributed by atoms with Crippen LogP contribution in [0.25, 0.3) is 10.9 Å². The van der Waals surface area contributed by atoms with E-state index in [-0.39, 0.29) is 0 Å². The van der Waals surface area contributed by atoms with E-state index in [0.717, 1.165) is 16.5 Å². The smallest absolute Gasteiger partial charge is 0.0900 e. The molecule has 0 saturated carbocycles. The number of nitrogens with zero attached hydrogens (tertiary/aromatic N) is 3. The predicted molar refractivity (Wildman–Crippen MR) is 85.4 cm³/mol. The van der Waals surface area contributed by atoms with Crippen molar-refractivity contribution in [3.05, 3.63) is 71.1 Å². The monoisotopic (exact) mass is 296 g/mol. The van der Waals surface area contributed by atoms with Crippen LogP contribution < -0.4 is 5.84 Å². The molecule has 0 aliphatic heterocycles. The van der Waals surface area contributed by atoms with E-state index < -0.39 is 0 Å². The van der Waals surface area contributed by atoms with Gasteiger partial charge in [-0.3, -0.25) is 9.97 Å². The van der Waals surface area contributed by atoms with Gasteiger partial charge in [0.25, 0.3) is 0 Å². The fraction of sp³-hybridized carbons (Fsp3) is 0.0625. The summed E-state index contributed by atoms with van der Waals surface area (Å²) in [6.07, 6.45) is 4.01. The first-order valence-corrected chi connectivity index (χ1v) is 6.87. The van der Waals surface area contributed by atoms with Crippen molar-refractivity contribution < 1.29 is 0 Å². The summed E-state index contributed by atoms with van der Waals surface area (Å²) >= 11 is 6.00. The van der Waals surface area contributed by atoms with E-state index in [0.29, 0.717) is 22.8 Å². The highest BCUT2D eigenvalue weighted by Gasteiger charge is 2.10. The fourth-order valence-corrected chi connectivity index (χ4v) is 2.41. The van der Waals surface area contributed by atoms with Crippen molar-refractivity contribution in [2.24, 2.45) is 10.9 Å². The molecule has 1 aromatic carbocycles. The lowest BCUT2D eigenvalue weighted by Crippen LogP contribution is -2.10. The molecule has 0 amide bonds. The second-order valence-corrected chi connectivity index (χ2v) is 5.04. The molecule has 0 bridgehead atoms. The van der Waals surface area contributed by atoms with Gasteiger partial charge in [0, 0.05) is 29.2 Å². The normalized spacial score (nSPS) is 11.8. The lowest BCUT2D eigenvalue weighted by atomic mass is 10.0. The molecule has 0 aliphatic carbocycles. The summed E-state index contributed by atoms with van der Waals surface area (Å²) < 4.78 is 0. The van der Waals surface area contributed by atoms with Gasteiger partial charge in [0.05, 0.1) is 16.9 Å². The standard InChI is InChI=1S/C16H13ClN4/c17-12-6-8-20-15(10-12)16(21-18)9-11-5-7-19-14-4-2-1-3-13(11)14/h1-8,10H,9,18H2. The first-order chi connectivity index (χ1) is 10.3. The average molecular weight is 297 g/mol. The number of pyridine rings is 2. The summed E-state index contributed by atoms with van der Waals surface area (Å²) in [6, 6.07) is 13.4. The molecule has 0 saturated heterocycles. The minimum absolute atomic E-state index is 0.576. The Balaban J connectivity index is 2.01. The Kier molecular flexibility index (Phi) is 3.79. The molecule has 0 radical (unpaired) electrons. The lowest BCUT2D eigenvalue weighted by Gasteiger charge is -2.08. The predicted octanol–water partition coefficient (Wildman–Crippen LogP) is 3.19. The van der Waals surface area contributed by atoms with Crippen molar-refractivity contribution in [1.29, 1.82) is 0 Å². The minimum atomic E-state index is 0.576. The highest BCUT2D eigenvalue weighted by Crippen LogP contribution is 2.18. The number of fused-ring (bicyclic) bond motifs is 1. The van der Waals surface area contributed by atoms with Gasteiger partial charge in [-0.25, -0.2) is 0 Å². The van der Waals surface area contributed by atoms with E-state index in [9.17, 15) is 0 Å². The topological polar surface area (TPSA) is 64.2 Å². The Morgan fingerprint density at radius 3 is 2.71 bits per heavy atom. The van der Waals surface area contributed by atoms with E-state index in [1.54, 1.807) is 24.5 Å². The Morgan fingerprint density at radius 1 is 1.10 bits per heavy atom. The number of para-hydroxylation sites is 1. The Bertz CT molecular complexity index is 809. The van der Waals surface area contributed by atoms with Crippen LogP contribution in [-0.2, 0) is 6.42 Å². The van der Waals surface area contributed by atoms with Crippen LogP contribution in [0.4, 0.5) is 0 Å². The van der Waals surface area contributed by atoms with E-state index in [4.69, 9.17) is 17.4 Å². The van der Waals surface area contributed by atoms with Crippen molar-refractivity contribution in [1.82, 2.24) is 9.97 Å². The summed E-state index contributed by atoms with van der Waals surface area (Å²) in [4.78, 5) is 8.63. The van der Waals surface area contributed by atoms with Crippen LogP contribution in [0.5, 0.6) is 0 Å². The van der Waals surface area contributed by atoms with E-state index in [1.807, 2.05) is 30.3 Å². The van der Waals surface area contributed by atoms with Gasteiger partial charge in [-0.1, -0.05) is 29.8 Å². The van der Waals surface area contributed by atoms with Crippen LogP contribution >= 0.6 is 11.6 Å². The van der Waals surface area contributed by atoms with E-state index >= 15 is 0 Å². The van der Waals surface area contributed by atoms with Gasteiger partial charge in [0.15, 0.2) is 0 Å². The van der Waals surface area contributed by atoms with Crippen LogP contribution in [0.3, 0.4) is 0 Å². The SMILES string of the molecule is NN=C(Cc1ccnc2ccccc12)c1cc(Cl)ccn1. The van der Waals surface area contributed by atoms with Crippen LogP contribution in [0, 0.1) is 0 Å². The van der Waals surface area contributed by atoms with E-state index in [2.05, 4.69) is 15.1 Å². The molecule has 0 unspecified atom stereocenters. The Morgan fingerprint density at radius 2 is 1.90 bits per heavy atom. The Hall–Kier alpha value is -2.46. The van der Waals surface area contributed by atoms with Gasteiger partial charge >= 0.3 is 0 Å². The third kappa shape index (κ3) is 2.85. The molecule has 2 heterocycles. The third-order valence-corrected chi connectivity index (χ3v) is 3.51. The first-order valence-electron chi connectivity index (χ1n) is 6.49. The van der Waals surface area contributed by atoms with Gasteiger partial charge in [-0.05, 0) is 29.8 Å². The average Bonchev–Trinajstić information content (AvgIpc) is 2.52. The number of aromatic nitrogens is 2. The molecule has 0 atom stereocenters. The van der Waals surface area contributed by atoms with Crippen molar-refractivity contribution in [3.8, 4) is 0 Å². The van der Waals surface area contributed by atoms with Crippen LogP contribution in [0.1, 0.15) is 11.3 Å². The largest absolute Gasteiger partial charge is 0.323 e. The van der Waals surface area contributed by atoms with Gasteiger partial charge < -0.3 is 5.84 Å². The van der Waals surface area contributed by atoms with Crippen molar-refractivity contribution >= 4 is 28.2 Å². The number of hydrazone groups is 1. The second-order valence-electron chi connectivity index (χ2n) is 4.60. The number of rotatable bonds is 3. The number of benzene rings is 1. The highest BCUT2D eigenvalue weighted by molar-refractivity contribution is 6.30. The maximum absolute atomic E-state index is 6.00. The van der Waals surface area contributed by atoms with E-state index in [1.165, 1.54) is 0 Å². The summed E-state index contributed by atoms with van der Waals surface area (Å²) in [5, 5.41) is 5.57. The number of hydrogen-bond acceptors (Lipinski definition) is 4. The summed E-state index contributed by atoms with van der Waals surface area (Å²) in [5.74, 6) is 5.54. The molecule has 2 N–H and O–H groups in total. The number of halogens is 1. The van der Waals surface area contributed by atoms with Crippen LogP contribution in [-0.4, -0.2) is 15.7 Å². The molecule has 0 fully saturated rings. The van der Waals surface area contributed by atoms with Crippen LogP contribution in [0.15, 0.2) is 60.0 Å². The van der Waals surface area contributed by atoms with Crippen molar-refractivity contribution in [3.63, 3.8) is 0 Å². The molecule has 0 spiro atoms. The maximum atomic E-state index is 6.00. The number of nitrogens with two attached hydrogens (primary N) is 1. The van der Waals surface area contributed by atoms with Gasteiger partial charge in [0.1, 0.15) is 0 Å². The third-order valence-electron chi connectivity index (χ3n) is 3.27. The van der Waals surface area contributed by atoms with Crippen molar-refractivity contribution in [2.45, 2.75) is 6.42 Å². The zero-order chi connectivity index (χ0) is 14.7. The molecular weight excluding hydrogens is 284 g/mol. The fourth-order valence-electron chi connectivity index (χ4n) is 2.25.